The molecule has 23 heavy (non-hydrogen) atoms. The summed E-state index contributed by atoms with van der Waals surface area (Å²) in [5, 5.41) is 8.44. The Hall–Kier alpha value is -2.21. The van der Waals surface area contributed by atoms with Crippen LogP contribution in [0.5, 0.6) is 0 Å². The highest BCUT2D eigenvalue weighted by atomic mass is 32.2. The Morgan fingerprint density at radius 2 is 2.00 bits per heavy atom. The third-order valence-corrected chi connectivity index (χ3v) is 4.65. The van der Waals surface area contributed by atoms with Crippen molar-refractivity contribution in [3.8, 4) is 0 Å². The molecule has 0 aliphatic carbocycles. The van der Waals surface area contributed by atoms with Crippen molar-refractivity contribution in [2.45, 2.75) is 30.5 Å². The number of carbonyl (C=O) groups is 2. The molecule has 1 atom stereocenters. The van der Waals surface area contributed by atoms with E-state index in [-0.39, 0.29) is 5.91 Å². The monoisotopic (exact) mass is 333 g/mol. The molecule has 0 saturated carbocycles. The topological polar surface area (TPSA) is 70.8 Å². The van der Waals surface area contributed by atoms with E-state index in [4.69, 9.17) is 9.52 Å². The lowest BCUT2D eigenvalue weighted by Crippen LogP contribution is -2.27. The summed E-state index contributed by atoms with van der Waals surface area (Å²) in [5.41, 5.74) is 1.46. The normalized spacial score (nSPS) is 12.0. The van der Waals surface area contributed by atoms with Crippen LogP contribution in [-0.2, 0) is 11.3 Å². The Labute approximate surface area is 139 Å². The van der Waals surface area contributed by atoms with Gasteiger partial charge in [-0.2, -0.15) is 0 Å². The van der Waals surface area contributed by atoms with E-state index in [1.165, 1.54) is 11.8 Å². The smallest absolute Gasteiger partial charge is 0.316 e. The molecule has 0 radical (unpaired) electrons. The van der Waals surface area contributed by atoms with E-state index < -0.39 is 11.2 Å². The van der Waals surface area contributed by atoms with Crippen molar-refractivity contribution < 1.29 is 19.1 Å². The highest BCUT2D eigenvalue weighted by Crippen LogP contribution is 2.28. The lowest BCUT2D eigenvalue weighted by atomic mass is 10.2. The SMILES string of the molecule is Cc1occc1CN(C)C(=O)c1ccccc1SC(C)C(=O)O. The van der Waals surface area contributed by atoms with Crippen LogP contribution in [0.1, 0.15) is 28.6 Å². The van der Waals surface area contributed by atoms with Crippen molar-refractivity contribution in [1.29, 1.82) is 0 Å². The molecule has 1 aromatic heterocycles. The zero-order valence-electron chi connectivity index (χ0n) is 13.3. The van der Waals surface area contributed by atoms with Gasteiger partial charge in [0.25, 0.3) is 5.91 Å². The van der Waals surface area contributed by atoms with Gasteiger partial charge in [0.1, 0.15) is 11.0 Å². The molecule has 2 aromatic rings. The van der Waals surface area contributed by atoms with Gasteiger partial charge in [-0.15, -0.1) is 11.8 Å². The zero-order valence-corrected chi connectivity index (χ0v) is 14.1. The van der Waals surface area contributed by atoms with E-state index in [1.54, 1.807) is 49.4 Å². The maximum Gasteiger partial charge on any atom is 0.316 e. The van der Waals surface area contributed by atoms with Gasteiger partial charge < -0.3 is 14.4 Å². The molecule has 0 aliphatic rings. The van der Waals surface area contributed by atoms with Gasteiger partial charge in [-0.3, -0.25) is 9.59 Å². The van der Waals surface area contributed by atoms with Crippen LogP contribution in [-0.4, -0.2) is 34.2 Å². The molecule has 1 heterocycles. The number of carbonyl (C=O) groups excluding carboxylic acids is 1. The average Bonchev–Trinajstić information content (AvgIpc) is 2.92. The molecule has 0 bridgehead atoms. The number of amides is 1. The number of carboxylic acid groups (broad SMARTS) is 1. The van der Waals surface area contributed by atoms with E-state index in [1.807, 2.05) is 13.0 Å². The van der Waals surface area contributed by atoms with E-state index >= 15 is 0 Å². The highest BCUT2D eigenvalue weighted by molar-refractivity contribution is 8.00. The largest absolute Gasteiger partial charge is 0.480 e. The second-order valence-electron chi connectivity index (χ2n) is 5.26. The molecule has 0 saturated heterocycles. The Kier molecular flexibility index (Phi) is 5.50. The van der Waals surface area contributed by atoms with Crippen molar-refractivity contribution in [1.82, 2.24) is 4.90 Å². The lowest BCUT2D eigenvalue weighted by Gasteiger charge is -2.19. The second kappa shape index (κ2) is 7.37. The van der Waals surface area contributed by atoms with Crippen LogP contribution in [0.3, 0.4) is 0 Å². The molecule has 1 unspecified atom stereocenters. The fourth-order valence-corrected chi connectivity index (χ4v) is 3.02. The summed E-state index contributed by atoms with van der Waals surface area (Å²) in [5.74, 6) is -0.266. The predicted octanol–water partition coefficient (Wildman–Crippen LogP) is 3.43. The number of furan rings is 1. The predicted molar refractivity (Wildman–Crippen MR) is 88.6 cm³/mol. The number of nitrogens with zero attached hydrogens (tertiary/aromatic N) is 1. The Morgan fingerprint density at radius 3 is 2.61 bits per heavy atom. The molecule has 0 spiro atoms. The average molecular weight is 333 g/mol. The molecule has 2 rings (SSSR count). The fourth-order valence-electron chi connectivity index (χ4n) is 2.10. The highest BCUT2D eigenvalue weighted by Gasteiger charge is 2.20. The maximum atomic E-state index is 12.7. The minimum Gasteiger partial charge on any atom is -0.480 e. The summed E-state index contributed by atoms with van der Waals surface area (Å²) < 4.78 is 5.25. The minimum atomic E-state index is -0.903. The quantitative estimate of drug-likeness (QED) is 0.820. The van der Waals surface area contributed by atoms with Crippen LogP contribution in [0.25, 0.3) is 0 Å². The summed E-state index contributed by atoms with van der Waals surface area (Å²) in [6.07, 6.45) is 1.60. The molecular weight excluding hydrogens is 314 g/mol. The number of aliphatic carboxylic acids is 1. The number of rotatable bonds is 6. The third kappa shape index (κ3) is 4.16. The number of hydrogen-bond donors (Lipinski definition) is 1. The molecule has 1 amide bonds. The van der Waals surface area contributed by atoms with E-state index in [0.29, 0.717) is 17.0 Å². The van der Waals surface area contributed by atoms with Gasteiger partial charge in [0, 0.05) is 24.1 Å². The molecule has 1 aromatic carbocycles. The standard InChI is InChI=1S/C17H19NO4S/c1-11-13(8-9-22-11)10-18(3)16(19)14-6-4-5-7-15(14)23-12(2)17(20)21/h4-9,12H,10H2,1-3H3,(H,20,21). The first-order valence-corrected chi connectivity index (χ1v) is 8.05. The number of thioether (sulfide) groups is 1. The fraction of sp³-hybridized carbons (Fsp3) is 0.294. The molecule has 122 valence electrons. The van der Waals surface area contributed by atoms with Gasteiger partial charge >= 0.3 is 5.97 Å². The summed E-state index contributed by atoms with van der Waals surface area (Å²) in [4.78, 5) is 26.0. The van der Waals surface area contributed by atoms with Gasteiger partial charge in [0.2, 0.25) is 0 Å². The first kappa shape index (κ1) is 17.1. The van der Waals surface area contributed by atoms with Crippen LogP contribution in [0.4, 0.5) is 0 Å². The van der Waals surface area contributed by atoms with Crippen molar-refractivity contribution in [3.63, 3.8) is 0 Å². The summed E-state index contributed by atoms with van der Waals surface area (Å²) in [6, 6.07) is 8.91. The molecular formula is C17H19NO4S. The first-order valence-electron chi connectivity index (χ1n) is 7.17. The number of benzene rings is 1. The third-order valence-electron chi connectivity index (χ3n) is 3.49. The molecule has 5 nitrogen and oxygen atoms in total. The maximum absolute atomic E-state index is 12.7. The molecule has 1 N–H and O–H groups in total. The van der Waals surface area contributed by atoms with Crippen molar-refractivity contribution >= 4 is 23.6 Å². The molecule has 0 aliphatic heterocycles. The van der Waals surface area contributed by atoms with E-state index in [2.05, 4.69) is 0 Å². The zero-order chi connectivity index (χ0) is 17.0. The Bertz CT molecular complexity index is 710. The Morgan fingerprint density at radius 1 is 1.30 bits per heavy atom. The van der Waals surface area contributed by atoms with E-state index in [0.717, 1.165) is 11.3 Å². The van der Waals surface area contributed by atoms with Gasteiger partial charge in [-0.25, -0.2) is 0 Å². The summed E-state index contributed by atoms with van der Waals surface area (Å²) in [6.45, 7) is 3.90. The van der Waals surface area contributed by atoms with Crippen molar-refractivity contribution in [3.05, 3.63) is 53.5 Å². The van der Waals surface area contributed by atoms with Gasteiger partial charge in [0.05, 0.1) is 11.8 Å². The van der Waals surface area contributed by atoms with Crippen LogP contribution in [0.15, 0.2) is 45.9 Å². The molecule has 0 fully saturated rings. The van der Waals surface area contributed by atoms with Gasteiger partial charge in [-0.05, 0) is 32.0 Å². The summed E-state index contributed by atoms with van der Waals surface area (Å²) >= 11 is 1.17. The van der Waals surface area contributed by atoms with Crippen molar-refractivity contribution in [2.75, 3.05) is 7.05 Å². The number of carboxylic acids is 1. The van der Waals surface area contributed by atoms with Crippen LogP contribution in [0, 0.1) is 6.92 Å². The van der Waals surface area contributed by atoms with Crippen LogP contribution >= 0.6 is 11.8 Å². The Balaban J connectivity index is 2.18. The summed E-state index contributed by atoms with van der Waals surface area (Å²) in [7, 11) is 1.72. The van der Waals surface area contributed by atoms with Crippen molar-refractivity contribution in [2.24, 2.45) is 0 Å². The number of aryl methyl sites for hydroxylation is 1. The lowest BCUT2D eigenvalue weighted by molar-refractivity contribution is -0.136. The number of hydrogen-bond acceptors (Lipinski definition) is 4. The van der Waals surface area contributed by atoms with Gasteiger partial charge in [-0.1, -0.05) is 12.1 Å². The van der Waals surface area contributed by atoms with Gasteiger partial charge in [0.15, 0.2) is 0 Å². The first-order chi connectivity index (χ1) is 10.9. The minimum absolute atomic E-state index is 0.147. The second-order valence-corrected chi connectivity index (χ2v) is 6.64. The van der Waals surface area contributed by atoms with Crippen LogP contribution in [0.2, 0.25) is 0 Å². The van der Waals surface area contributed by atoms with E-state index in [9.17, 15) is 9.59 Å². The van der Waals surface area contributed by atoms with Crippen LogP contribution < -0.4 is 0 Å². The molecule has 6 heteroatoms.